The summed E-state index contributed by atoms with van der Waals surface area (Å²) in [6, 6.07) is 8.63. The number of hydrogen-bond donors (Lipinski definition) is 0. The normalized spacial score (nSPS) is 13.7. The molecule has 23 heavy (non-hydrogen) atoms. The lowest BCUT2D eigenvalue weighted by Crippen LogP contribution is -1.98. The Labute approximate surface area is 136 Å². The maximum absolute atomic E-state index is 6.21. The van der Waals surface area contributed by atoms with Gasteiger partial charge in [0.15, 0.2) is 0 Å². The third-order valence-electron chi connectivity index (χ3n) is 4.79. The van der Waals surface area contributed by atoms with E-state index in [-0.39, 0.29) is 0 Å². The molecule has 0 atom stereocenters. The van der Waals surface area contributed by atoms with Gasteiger partial charge in [-0.3, -0.25) is 0 Å². The predicted molar refractivity (Wildman–Crippen MR) is 96.2 cm³/mol. The number of aryl methyl sites for hydroxylation is 2. The second-order valence-corrected chi connectivity index (χ2v) is 6.55. The lowest BCUT2D eigenvalue weighted by Gasteiger charge is -2.08. The van der Waals surface area contributed by atoms with Crippen LogP contribution in [0.25, 0.3) is 27.5 Å². The molecular formula is C21H22O2. The van der Waals surface area contributed by atoms with E-state index in [0.29, 0.717) is 6.61 Å². The highest BCUT2D eigenvalue weighted by molar-refractivity contribution is 6.14. The third-order valence-corrected chi connectivity index (χ3v) is 4.79. The summed E-state index contributed by atoms with van der Waals surface area (Å²) in [5, 5.41) is 2.27. The van der Waals surface area contributed by atoms with Crippen molar-refractivity contribution in [1.82, 2.24) is 0 Å². The first kappa shape index (κ1) is 14.4. The molecule has 0 N–H and O–H groups in total. The van der Waals surface area contributed by atoms with Crippen molar-refractivity contribution < 1.29 is 9.15 Å². The molecule has 0 bridgehead atoms. The first-order valence-electron chi connectivity index (χ1n) is 8.48. The van der Waals surface area contributed by atoms with E-state index in [1.807, 2.05) is 0 Å². The molecule has 0 saturated carbocycles. The zero-order valence-electron chi connectivity index (χ0n) is 13.9. The fraction of sp³-hybridized carbons (Fsp3) is 0.333. The molecule has 2 heteroatoms. The van der Waals surface area contributed by atoms with Gasteiger partial charge in [-0.15, -0.1) is 0 Å². The number of benzene rings is 2. The Balaban J connectivity index is 1.96. The topological polar surface area (TPSA) is 22.4 Å². The number of rotatable bonds is 4. The van der Waals surface area contributed by atoms with Gasteiger partial charge in [0.25, 0.3) is 0 Å². The molecule has 0 radical (unpaired) electrons. The largest absolute Gasteiger partial charge is 0.488 e. The molecule has 0 fully saturated rings. The van der Waals surface area contributed by atoms with Crippen LogP contribution >= 0.6 is 0 Å². The number of unbranched alkanes of at least 4 members (excludes halogenated alkanes) is 2. The molecule has 2 aromatic carbocycles. The van der Waals surface area contributed by atoms with Gasteiger partial charge in [-0.1, -0.05) is 38.5 Å². The minimum atomic E-state index is 0.542. The average Bonchev–Trinajstić information content (AvgIpc) is 2.86. The monoisotopic (exact) mass is 306 g/mol. The van der Waals surface area contributed by atoms with Crippen LogP contribution in [-0.2, 0) is 6.42 Å². The molecule has 0 unspecified atom stereocenters. The van der Waals surface area contributed by atoms with Crippen LogP contribution in [-0.4, -0.2) is 6.61 Å². The molecule has 3 aromatic rings. The van der Waals surface area contributed by atoms with Crippen LogP contribution in [0, 0.1) is 6.92 Å². The fourth-order valence-corrected chi connectivity index (χ4v) is 3.52. The second-order valence-electron chi connectivity index (χ2n) is 6.55. The highest BCUT2D eigenvalue weighted by atomic mass is 16.5. The summed E-state index contributed by atoms with van der Waals surface area (Å²) < 4.78 is 12.3. The SMILES string of the molecule is C=C1COc2cc(CCCCC)cc3oc4c(C)ccc1c4c23. The molecule has 0 spiro atoms. The quantitative estimate of drug-likeness (QED) is 0.549. The molecule has 118 valence electrons. The van der Waals surface area contributed by atoms with Crippen molar-refractivity contribution in [1.29, 1.82) is 0 Å². The molecule has 2 nitrogen and oxygen atoms in total. The summed E-state index contributed by atoms with van der Waals surface area (Å²) in [7, 11) is 0. The van der Waals surface area contributed by atoms with Crippen LogP contribution in [0.1, 0.15) is 42.9 Å². The summed E-state index contributed by atoms with van der Waals surface area (Å²) in [5.41, 5.74) is 6.54. The fourth-order valence-electron chi connectivity index (χ4n) is 3.52. The Morgan fingerprint density at radius 1 is 1.13 bits per heavy atom. The van der Waals surface area contributed by atoms with E-state index in [9.17, 15) is 0 Å². The van der Waals surface area contributed by atoms with E-state index < -0.39 is 0 Å². The van der Waals surface area contributed by atoms with Crippen LogP contribution in [0.5, 0.6) is 5.75 Å². The lowest BCUT2D eigenvalue weighted by molar-refractivity contribution is 0.375. The minimum Gasteiger partial charge on any atom is -0.488 e. The molecule has 0 saturated heterocycles. The van der Waals surface area contributed by atoms with E-state index in [0.717, 1.165) is 50.8 Å². The zero-order chi connectivity index (χ0) is 16.0. The predicted octanol–water partition coefficient (Wildman–Crippen LogP) is 6.03. The van der Waals surface area contributed by atoms with E-state index in [1.165, 1.54) is 24.8 Å². The van der Waals surface area contributed by atoms with Crippen LogP contribution in [0.3, 0.4) is 0 Å². The van der Waals surface area contributed by atoms with Crippen LogP contribution in [0.15, 0.2) is 35.3 Å². The van der Waals surface area contributed by atoms with Crippen molar-refractivity contribution >= 4 is 27.5 Å². The Hall–Kier alpha value is -2.22. The first-order chi connectivity index (χ1) is 11.2. The highest BCUT2D eigenvalue weighted by Crippen LogP contribution is 2.43. The Morgan fingerprint density at radius 2 is 2.00 bits per heavy atom. The van der Waals surface area contributed by atoms with Gasteiger partial charge in [0, 0.05) is 5.39 Å². The smallest absolute Gasteiger partial charge is 0.139 e. The van der Waals surface area contributed by atoms with Crippen LogP contribution in [0.2, 0.25) is 0 Å². The maximum atomic E-state index is 6.21. The van der Waals surface area contributed by atoms with Gasteiger partial charge in [-0.05, 0) is 54.2 Å². The Bertz CT molecular complexity index is 915. The van der Waals surface area contributed by atoms with Gasteiger partial charge in [-0.25, -0.2) is 0 Å². The molecule has 0 aliphatic carbocycles. The van der Waals surface area contributed by atoms with Crippen LogP contribution in [0.4, 0.5) is 0 Å². The van der Waals surface area contributed by atoms with Gasteiger partial charge in [-0.2, -0.15) is 0 Å². The molecule has 2 heterocycles. The summed E-state index contributed by atoms with van der Waals surface area (Å²) in [6.07, 6.45) is 4.77. The Morgan fingerprint density at radius 3 is 2.83 bits per heavy atom. The third kappa shape index (κ3) is 2.24. The summed E-state index contributed by atoms with van der Waals surface area (Å²) in [5.74, 6) is 0.943. The van der Waals surface area contributed by atoms with Crippen molar-refractivity contribution in [2.75, 3.05) is 6.61 Å². The van der Waals surface area contributed by atoms with Crippen molar-refractivity contribution in [2.24, 2.45) is 0 Å². The van der Waals surface area contributed by atoms with Gasteiger partial charge < -0.3 is 9.15 Å². The highest BCUT2D eigenvalue weighted by Gasteiger charge is 2.22. The average molecular weight is 306 g/mol. The Kier molecular flexibility index (Phi) is 3.41. The molecule has 4 rings (SSSR count). The molecule has 1 aromatic heterocycles. The molecular weight excluding hydrogens is 284 g/mol. The summed E-state index contributed by atoms with van der Waals surface area (Å²) in [6.45, 7) is 9.06. The van der Waals surface area contributed by atoms with E-state index >= 15 is 0 Å². The number of furan rings is 1. The second kappa shape index (κ2) is 5.45. The number of hydrogen-bond acceptors (Lipinski definition) is 2. The van der Waals surface area contributed by atoms with Gasteiger partial charge in [0.2, 0.25) is 0 Å². The van der Waals surface area contributed by atoms with Gasteiger partial charge in [0.05, 0.1) is 5.39 Å². The van der Waals surface area contributed by atoms with E-state index in [4.69, 9.17) is 9.15 Å². The molecule has 1 aliphatic rings. The number of ether oxygens (including phenoxy) is 1. The maximum Gasteiger partial charge on any atom is 0.139 e. The molecule has 0 amide bonds. The standard InChI is InChI=1S/C21H22O2/c1-4-5-6-7-15-10-17-20-18(11-15)23-21-13(2)8-9-16(19(20)21)14(3)12-22-17/h8-11H,3-7,12H2,1-2H3. The van der Waals surface area contributed by atoms with Crippen molar-refractivity contribution in [2.45, 2.75) is 39.5 Å². The van der Waals surface area contributed by atoms with E-state index in [2.05, 4.69) is 44.7 Å². The van der Waals surface area contributed by atoms with E-state index in [1.54, 1.807) is 0 Å². The zero-order valence-corrected chi connectivity index (χ0v) is 13.9. The first-order valence-corrected chi connectivity index (χ1v) is 8.48. The molecule has 1 aliphatic heterocycles. The van der Waals surface area contributed by atoms with Crippen molar-refractivity contribution in [3.8, 4) is 5.75 Å². The summed E-state index contributed by atoms with van der Waals surface area (Å²) in [4.78, 5) is 0. The van der Waals surface area contributed by atoms with Crippen molar-refractivity contribution in [3.63, 3.8) is 0 Å². The van der Waals surface area contributed by atoms with Crippen LogP contribution < -0.4 is 4.74 Å². The lowest BCUT2D eigenvalue weighted by atomic mass is 9.98. The minimum absolute atomic E-state index is 0.542. The van der Waals surface area contributed by atoms with Crippen molar-refractivity contribution in [3.05, 3.63) is 47.5 Å². The van der Waals surface area contributed by atoms with Gasteiger partial charge >= 0.3 is 0 Å². The summed E-state index contributed by atoms with van der Waals surface area (Å²) >= 11 is 0. The van der Waals surface area contributed by atoms with Gasteiger partial charge in [0.1, 0.15) is 23.5 Å².